The number of carbonyl (C=O) groups is 1. The summed E-state index contributed by atoms with van der Waals surface area (Å²) in [7, 11) is 0. The van der Waals surface area contributed by atoms with Crippen LogP contribution in [0.4, 0.5) is 4.39 Å². The summed E-state index contributed by atoms with van der Waals surface area (Å²) in [6.07, 6.45) is 0. The molecule has 1 N–H and O–H groups in total. The number of aromatic nitrogens is 1. The predicted molar refractivity (Wildman–Crippen MR) is 63.5 cm³/mol. The van der Waals surface area contributed by atoms with Crippen molar-refractivity contribution in [1.29, 1.82) is 0 Å². The fraction of sp³-hybridized carbons (Fsp3) is 0.231. The lowest BCUT2D eigenvalue weighted by atomic mass is 10.1. The molecule has 2 rings (SSSR count). The minimum Gasteiger partial charge on any atom is -0.359 e. The van der Waals surface area contributed by atoms with E-state index in [2.05, 4.69) is 10.5 Å². The van der Waals surface area contributed by atoms with Gasteiger partial charge in [-0.15, -0.1) is 0 Å². The van der Waals surface area contributed by atoms with Crippen LogP contribution in [0.2, 0.25) is 0 Å². The Labute approximate surface area is 104 Å². The van der Waals surface area contributed by atoms with Crippen molar-refractivity contribution in [3.05, 3.63) is 52.7 Å². The van der Waals surface area contributed by atoms with Crippen LogP contribution in [0.1, 0.15) is 27.4 Å². The van der Waals surface area contributed by atoms with E-state index in [-0.39, 0.29) is 18.3 Å². The van der Waals surface area contributed by atoms with Crippen LogP contribution in [0.5, 0.6) is 0 Å². The van der Waals surface area contributed by atoms with Crippen LogP contribution in [-0.4, -0.2) is 11.1 Å². The monoisotopic (exact) mass is 248 g/mol. The number of nitrogens with zero attached hydrogens (tertiary/aromatic N) is 1. The molecular weight excluding hydrogens is 235 g/mol. The maximum Gasteiger partial charge on any atom is 0.251 e. The van der Waals surface area contributed by atoms with Crippen molar-refractivity contribution in [2.24, 2.45) is 0 Å². The quantitative estimate of drug-likeness (QED) is 0.907. The Morgan fingerprint density at radius 1 is 1.39 bits per heavy atom. The van der Waals surface area contributed by atoms with Crippen LogP contribution in [-0.2, 0) is 6.54 Å². The smallest absolute Gasteiger partial charge is 0.251 e. The van der Waals surface area contributed by atoms with Crippen molar-refractivity contribution in [2.45, 2.75) is 20.4 Å². The molecule has 5 heteroatoms. The zero-order valence-corrected chi connectivity index (χ0v) is 10.2. The number of carbonyl (C=O) groups excluding carboxylic acids is 1. The van der Waals surface area contributed by atoms with Crippen LogP contribution in [0.15, 0.2) is 28.8 Å². The van der Waals surface area contributed by atoms with Gasteiger partial charge < -0.3 is 9.84 Å². The van der Waals surface area contributed by atoms with E-state index in [0.717, 1.165) is 5.69 Å². The van der Waals surface area contributed by atoms with Crippen LogP contribution in [0.3, 0.4) is 0 Å². The van der Waals surface area contributed by atoms with E-state index in [1.807, 2.05) is 0 Å². The van der Waals surface area contributed by atoms with Gasteiger partial charge in [-0.1, -0.05) is 5.16 Å². The SMILES string of the molecule is Cc1cc(CNC(=O)c2ccc(F)cc2C)on1. The van der Waals surface area contributed by atoms with E-state index in [4.69, 9.17) is 4.52 Å². The fourth-order valence-electron chi connectivity index (χ4n) is 1.64. The van der Waals surface area contributed by atoms with Gasteiger partial charge in [0.2, 0.25) is 0 Å². The lowest BCUT2D eigenvalue weighted by molar-refractivity contribution is 0.0946. The standard InChI is InChI=1S/C13H13FN2O2/c1-8-5-10(14)3-4-12(8)13(17)15-7-11-6-9(2)16-18-11/h3-6H,7H2,1-2H3,(H,15,17). The summed E-state index contributed by atoms with van der Waals surface area (Å²) in [5.74, 6) is -0.0305. The number of nitrogens with one attached hydrogen (secondary N) is 1. The highest BCUT2D eigenvalue weighted by atomic mass is 19.1. The van der Waals surface area contributed by atoms with Crippen LogP contribution < -0.4 is 5.32 Å². The second kappa shape index (κ2) is 5.00. The van der Waals surface area contributed by atoms with Gasteiger partial charge in [-0.25, -0.2) is 4.39 Å². The van der Waals surface area contributed by atoms with Crippen molar-refractivity contribution in [2.75, 3.05) is 0 Å². The fourth-order valence-corrected chi connectivity index (χ4v) is 1.64. The third-order valence-electron chi connectivity index (χ3n) is 2.53. The highest BCUT2D eigenvalue weighted by Crippen LogP contribution is 2.10. The molecule has 0 spiro atoms. The number of halogens is 1. The maximum atomic E-state index is 12.9. The van der Waals surface area contributed by atoms with Crippen molar-refractivity contribution in [3.63, 3.8) is 0 Å². The first-order valence-electron chi connectivity index (χ1n) is 5.53. The molecule has 18 heavy (non-hydrogen) atoms. The summed E-state index contributed by atoms with van der Waals surface area (Å²) in [6, 6.07) is 5.80. The van der Waals surface area contributed by atoms with Gasteiger partial charge in [0.25, 0.3) is 5.91 Å². The number of hydrogen-bond acceptors (Lipinski definition) is 3. The molecule has 0 radical (unpaired) electrons. The minimum atomic E-state index is -0.352. The van der Waals surface area contributed by atoms with Gasteiger partial charge in [0, 0.05) is 11.6 Å². The molecule has 1 heterocycles. The molecule has 0 aliphatic rings. The van der Waals surface area contributed by atoms with E-state index in [9.17, 15) is 9.18 Å². The average Bonchev–Trinajstić information content (AvgIpc) is 2.72. The Kier molecular flexibility index (Phi) is 3.41. The summed E-state index contributed by atoms with van der Waals surface area (Å²) < 4.78 is 17.9. The largest absolute Gasteiger partial charge is 0.359 e. The van der Waals surface area contributed by atoms with Crippen LogP contribution >= 0.6 is 0 Å². The molecule has 0 aliphatic carbocycles. The van der Waals surface area contributed by atoms with Gasteiger partial charge in [0.1, 0.15) is 5.82 Å². The highest BCUT2D eigenvalue weighted by Gasteiger charge is 2.10. The Bertz CT molecular complexity index is 578. The molecule has 0 fully saturated rings. The normalized spacial score (nSPS) is 10.4. The molecule has 4 nitrogen and oxygen atoms in total. The van der Waals surface area contributed by atoms with Gasteiger partial charge in [-0.3, -0.25) is 4.79 Å². The molecule has 0 saturated carbocycles. The summed E-state index contributed by atoms with van der Waals surface area (Å²) >= 11 is 0. The number of aryl methyl sites for hydroxylation is 2. The topological polar surface area (TPSA) is 55.1 Å². The second-order valence-corrected chi connectivity index (χ2v) is 4.08. The third kappa shape index (κ3) is 2.74. The molecule has 2 aromatic rings. The molecule has 0 bridgehead atoms. The number of hydrogen-bond donors (Lipinski definition) is 1. The van der Waals surface area contributed by atoms with Gasteiger partial charge >= 0.3 is 0 Å². The predicted octanol–water partition coefficient (Wildman–Crippen LogP) is 2.36. The average molecular weight is 248 g/mol. The van der Waals surface area contributed by atoms with E-state index >= 15 is 0 Å². The first-order chi connectivity index (χ1) is 8.56. The lowest BCUT2D eigenvalue weighted by Gasteiger charge is -2.06. The van der Waals surface area contributed by atoms with Crippen LogP contribution in [0, 0.1) is 19.7 Å². The second-order valence-electron chi connectivity index (χ2n) is 4.08. The highest BCUT2D eigenvalue weighted by molar-refractivity contribution is 5.95. The molecule has 94 valence electrons. The molecule has 0 atom stereocenters. The summed E-state index contributed by atoms with van der Waals surface area (Å²) in [5.41, 5.74) is 1.81. The van der Waals surface area contributed by atoms with Gasteiger partial charge in [-0.05, 0) is 37.6 Å². The van der Waals surface area contributed by atoms with Crippen molar-refractivity contribution in [3.8, 4) is 0 Å². The summed E-state index contributed by atoms with van der Waals surface area (Å²) in [4.78, 5) is 11.9. The molecule has 1 aromatic heterocycles. The van der Waals surface area contributed by atoms with E-state index in [0.29, 0.717) is 16.9 Å². The molecular formula is C13H13FN2O2. The van der Waals surface area contributed by atoms with E-state index in [1.54, 1.807) is 19.9 Å². The third-order valence-corrected chi connectivity index (χ3v) is 2.53. The van der Waals surface area contributed by atoms with E-state index in [1.165, 1.54) is 18.2 Å². The number of benzene rings is 1. The summed E-state index contributed by atoms with van der Waals surface area (Å²) in [5, 5.41) is 6.41. The molecule has 1 aromatic carbocycles. The number of amides is 1. The lowest BCUT2D eigenvalue weighted by Crippen LogP contribution is -2.23. The van der Waals surface area contributed by atoms with Gasteiger partial charge in [-0.2, -0.15) is 0 Å². The number of rotatable bonds is 3. The first kappa shape index (κ1) is 12.3. The Balaban J connectivity index is 2.03. The zero-order valence-electron chi connectivity index (χ0n) is 10.2. The van der Waals surface area contributed by atoms with Gasteiger partial charge in [0.15, 0.2) is 5.76 Å². The molecule has 1 amide bonds. The van der Waals surface area contributed by atoms with Crippen LogP contribution in [0.25, 0.3) is 0 Å². The Morgan fingerprint density at radius 2 is 2.17 bits per heavy atom. The zero-order chi connectivity index (χ0) is 13.1. The molecule has 0 aliphatic heterocycles. The Hall–Kier alpha value is -2.17. The van der Waals surface area contributed by atoms with Gasteiger partial charge in [0.05, 0.1) is 12.2 Å². The van der Waals surface area contributed by atoms with E-state index < -0.39 is 0 Å². The summed E-state index contributed by atoms with van der Waals surface area (Å²) in [6.45, 7) is 3.76. The van der Waals surface area contributed by atoms with Crippen molar-refractivity contribution < 1.29 is 13.7 Å². The molecule has 0 saturated heterocycles. The minimum absolute atomic E-state index is 0.260. The maximum absolute atomic E-state index is 12.9. The van der Waals surface area contributed by atoms with Crippen molar-refractivity contribution >= 4 is 5.91 Å². The molecule has 0 unspecified atom stereocenters. The van der Waals surface area contributed by atoms with Crippen molar-refractivity contribution in [1.82, 2.24) is 10.5 Å². The Morgan fingerprint density at radius 3 is 2.78 bits per heavy atom. The first-order valence-corrected chi connectivity index (χ1v) is 5.53.